The topological polar surface area (TPSA) is 17.8 Å². The van der Waals surface area contributed by atoms with Crippen molar-refractivity contribution in [2.45, 2.75) is 6.54 Å². The van der Waals surface area contributed by atoms with Gasteiger partial charge in [0.25, 0.3) is 0 Å². The van der Waals surface area contributed by atoms with Crippen LogP contribution in [0, 0.1) is 11.6 Å². The van der Waals surface area contributed by atoms with Gasteiger partial charge in [0.1, 0.15) is 0 Å². The highest BCUT2D eigenvalue weighted by Gasteiger charge is 2.09. The lowest BCUT2D eigenvalue weighted by atomic mass is 10.1. The summed E-state index contributed by atoms with van der Waals surface area (Å²) >= 11 is 0. The van der Waals surface area contributed by atoms with Gasteiger partial charge in [0.2, 0.25) is 0 Å². The molecular weight excluding hydrogens is 282 g/mol. The maximum Gasteiger partial charge on any atom is 0.161 e. The highest BCUT2D eigenvalue weighted by molar-refractivity contribution is 5.83. The average Bonchev–Trinajstić information content (AvgIpc) is 2.90. The van der Waals surface area contributed by atoms with E-state index in [9.17, 15) is 8.78 Å². The molecule has 0 aliphatic carbocycles. The first-order chi connectivity index (χ1) is 10.7. The van der Waals surface area contributed by atoms with Crippen LogP contribution in [0.2, 0.25) is 0 Å². The number of hydrogen-bond donors (Lipinski definition) is 0. The Balaban J connectivity index is 1.77. The van der Waals surface area contributed by atoms with E-state index in [1.807, 2.05) is 22.8 Å². The Hall–Kier alpha value is -2.75. The lowest BCUT2D eigenvalue weighted by Crippen LogP contribution is -1.98. The van der Waals surface area contributed by atoms with Crippen molar-refractivity contribution in [1.29, 1.82) is 0 Å². The Morgan fingerprint density at radius 3 is 2.50 bits per heavy atom. The molecule has 4 aromatic rings. The summed E-state index contributed by atoms with van der Waals surface area (Å²) in [7, 11) is 0. The van der Waals surface area contributed by atoms with E-state index < -0.39 is 11.6 Å². The van der Waals surface area contributed by atoms with Crippen LogP contribution in [0.25, 0.3) is 21.8 Å². The van der Waals surface area contributed by atoms with Crippen LogP contribution in [-0.2, 0) is 6.54 Å². The average molecular weight is 294 g/mol. The molecule has 3 aromatic carbocycles. The fourth-order valence-electron chi connectivity index (χ4n) is 2.71. The fraction of sp³-hybridized carbons (Fsp3) is 0.0556. The number of nitrogens with zero attached hydrogens (tertiary/aromatic N) is 2. The maximum absolute atomic E-state index is 13.4. The Morgan fingerprint density at radius 2 is 1.64 bits per heavy atom. The van der Waals surface area contributed by atoms with Crippen molar-refractivity contribution >= 4 is 21.8 Å². The van der Waals surface area contributed by atoms with Crippen LogP contribution < -0.4 is 0 Å². The molecule has 2 nitrogen and oxygen atoms in total. The summed E-state index contributed by atoms with van der Waals surface area (Å²) in [5.74, 6) is -1.73. The van der Waals surface area contributed by atoms with Crippen LogP contribution in [0.3, 0.4) is 0 Å². The van der Waals surface area contributed by atoms with E-state index in [0.717, 1.165) is 17.0 Å². The van der Waals surface area contributed by atoms with Crippen LogP contribution >= 0.6 is 0 Å². The zero-order chi connectivity index (χ0) is 15.1. The molecule has 22 heavy (non-hydrogen) atoms. The predicted octanol–water partition coefficient (Wildman–Crippen LogP) is 4.52. The maximum atomic E-state index is 13.4. The summed E-state index contributed by atoms with van der Waals surface area (Å²) in [6, 6.07) is 16.6. The first kappa shape index (κ1) is 13.0. The van der Waals surface area contributed by atoms with E-state index in [4.69, 9.17) is 0 Å². The predicted molar refractivity (Wildman–Crippen MR) is 82.7 cm³/mol. The van der Waals surface area contributed by atoms with Crippen molar-refractivity contribution in [1.82, 2.24) is 9.55 Å². The van der Waals surface area contributed by atoms with Gasteiger partial charge in [-0.25, -0.2) is 13.8 Å². The van der Waals surface area contributed by atoms with Crippen LogP contribution in [0.5, 0.6) is 0 Å². The summed E-state index contributed by atoms with van der Waals surface area (Å²) < 4.78 is 28.5. The molecule has 0 N–H and O–H groups in total. The van der Waals surface area contributed by atoms with Gasteiger partial charge < -0.3 is 4.57 Å². The molecule has 0 bridgehead atoms. The molecule has 0 unspecified atom stereocenters. The van der Waals surface area contributed by atoms with Gasteiger partial charge >= 0.3 is 0 Å². The Bertz CT molecular complexity index is 989. The van der Waals surface area contributed by atoms with Gasteiger partial charge in [0.05, 0.1) is 17.4 Å². The van der Waals surface area contributed by atoms with Gasteiger partial charge in [-0.15, -0.1) is 0 Å². The number of hydrogen-bond acceptors (Lipinski definition) is 1. The summed E-state index contributed by atoms with van der Waals surface area (Å²) in [6.45, 7) is 0.562. The van der Waals surface area contributed by atoms with Gasteiger partial charge in [-0.3, -0.25) is 0 Å². The molecule has 1 aromatic heterocycles. The van der Waals surface area contributed by atoms with E-state index in [0.29, 0.717) is 17.6 Å². The lowest BCUT2D eigenvalue weighted by Gasteiger charge is -2.06. The zero-order valence-corrected chi connectivity index (χ0v) is 11.6. The smallest absolute Gasteiger partial charge is 0.161 e. The molecule has 0 radical (unpaired) electrons. The van der Waals surface area contributed by atoms with Crippen LogP contribution in [-0.4, -0.2) is 9.55 Å². The van der Waals surface area contributed by atoms with Gasteiger partial charge in [-0.1, -0.05) is 36.4 Å². The minimum atomic E-state index is -0.872. The minimum absolute atomic E-state index is 0.458. The van der Waals surface area contributed by atoms with Crippen molar-refractivity contribution in [3.8, 4) is 0 Å². The molecule has 0 spiro atoms. The molecule has 0 saturated heterocycles. The largest absolute Gasteiger partial charge is 0.326 e. The Morgan fingerprint density at radius 1 is 0.864 bits per heavy atom. The monoisotopic (exact) mass is 294 g/mol. The lowest BCUT2D eigenvalue weighted by molar-refractivity contribution is 0.510. The van der Waals surface area contributed by atoms with Gasteiger partial charge in [-0.2, -0.15) is 0 Å². The highest BCUT2D eigenvalue weighted by atomic mass is 19.2. The molecule has 0 fully saturated rings. The number of rotatable bonds is 2. The fourth-order valence-corrected chi connectivity index (χ4v) is 2.71. The minimum Gasteiger partial charge on any atom is -0.326 e. The molecule has 0 aliphatic heterocycles. The second kappa shape index (κ2) is 4.91. The second-order valence-electron chi connectivity index (χ2n) is 5.31. The third-order valence-corrected chi connectivity index (χ3v) is 3.83. The van der Waals surface area contributed by atoms with E-state index in [-0.39, 0.29) is 0 Å². The summed E-state index contributed by atoms with van der Waals surface area (Å²) in [5.41, 5.74) is 2.13. The molecular formula is C18H12F2N2. The summed E-state index contributed by atoms with van der Waals surface area (Å²) in [4.78, 5) is 4.14. The molecule has 108 valence electrons. The van der Waals surface area contributed by atoms with Crippen molar-refractivity contribution in [3.63, 3.8) is 0 Å². The van der Waals surface area contributed by atoms with Gasteiger partial charge in [-0.05, 0) is 22.4 Å². The Kier molecular flexibility index (Phi) is 2.89. The van der Waals surface area contributed by atoms with Crippen LogP contribution in [0.1, 0.15) is 5.56 Å². The van der Waals surface area contributed by atoms with Crippen LogP contribution in [0.15, 0.2) is 60.9 Å². The molecule has 0 atom stereocenters. The molecule has 4 heteroatoms. The molecule has 0 aliphatic rings. The first-order valence-electron chi connectivity index (χ1n) is 6.98. The molecule has 0 saturated carbocycles. The molecule has 4 rings (SSSR count). The summed E-state index contributed by atoms with van der Waals surface area (Å²) in [5, 5.41) is 2.33. The number of halogens is 2. The number of aromatic nitrogens is 2. The van der Waals surface area contributed by atoms with E-state index in [1.54, 1.807) is 6.33 Å². The van der Waals surface area contributed by atoms with E-state index in [2.05, 4.69) is 29.2 Å². The quantitative estimate of drug-likeness (QED) is 0.531. The van der Waals surface area contributed by atoms with Gasteiger partial charge in [0, 0.05) is 18.7 Å². The van der Waals surface area contributed by atoms with Crippen molar-refractivity contribution in [2.24, 2.45) is 0 Å². The first-order valence-corrected chi connectivity index (χ1v) is 6.98. The molecule has 1 heterocycles. The van der Waals surface area contributed by atoms with Crippen molar-refractivity contribution in [3.05, 3.63) is 78.1 Å². The van der Waals surface area contributed by atoms with E-state index >= 15 is 0 Å². The standard InChI is InChI=1S/C18H12F2N2/c19-15-8-17-18(9-16(15)20)22(11-21-17)10-12-5-6-13-3-1-2-4-14(13)7-12/h1-9,11H,10H2. The molecule has 0 amide bonds. The number of benzene rings is 3. The van der Waals surface area contributed by atoms with Crippen molar-refractivity contribution in [2.75, 3.05) is 0 Å². The number of imidazole rings is 1. The summed E-state index contributed by atoms with van der Waals surface area (Å²) in [6.07, 6.45) is 1.61. The SMILES string of the molecule is Fc1cc2ncn(Cc3ccc4ccccc4c3)c2cc1F. The second-order valence-corrected chi connectivity index (χ2v) is 5.31. The van der Waals surface area contributed by atoms with Crippen molar-refractivity contribution < 1.29 is 8.78 Å². The van der Waals surface area contributed by atoms with Gasteiger partial charge in [0.15, 0.2) is 11.6 Å². The third-order valence-electron chi connectivity index (χ3n) is 3.83. The number of fused-ring (bicyclic) bond motifs is 2. The normalized spacial score (nSPS) is 11.4. The zero-order valence-electron chi connectivity index (χ0n) is 11.6. The highest BCUT2D eigenvalue weighted by Crippen LogP contribution is 2.20. The van der Waals surface area contributed by atoms with E-state index in [1.165, 1.54) is 11.5 Å². The van der Waals surface area contributed by atoms with Crippen LogP contribution in [0.4, 0.5) is 8.78 Å². The third kappa shape index (κ3) is 2.13. The Labute approximate surface area is 125 Å².